The van der Waals surface area contributed by atoms with E-state index in [-0.39, 0.29) is 11.8 Å². The maximum Gasteiger partial charge on any atom is 0.235 e. The van der Waals surface area contributed by atoms with Crippen molar-refractivity contribution in [3.63, 3.8) is 0 Å². The highest BCUT2D eigenvalue weighted by Crippen LogP contribution is 2.34. The van der Waals surface area contributed by atoms with Crippen LogP contribution >= 0.6 is 0 Å². The van der Waals surface area contributed by atoms with E-state index in [2.05, 4.69) is 15.6 Å². The van der Waals surface area contributed by atoms with E-state index < -0.39 is 5.92 Å². The number of carbonyl (C=O) groups is 2. The molecule has 3 aromatic rings. The van der Waals surface area contributed by atoms with Gasteiger partial charge in [0, 0.05) is 18.9 Å². The van der Waals surface area contributed by atoms with E-state index in [1.807, 2.05) is 19.2 Å². The van der Waals surface area contributed by atoms with Gasteiger partial charge in [-0.15, -0.1) is 0 Å². The lowest BCUT2D eigenvalue weighted by Crippen LogP contribution is -2.39. The second-order valence-corrected chi connectivity index (χ2v) is 5.21. The molecule has 7 heteroatoms. The van der Waals surface area contributed by atoms with Gasteiger partial charge in [-0.3, -0.25) is 19.6 Å². The number of nitrogens with zero attached hydrogens (tertiary/aromatic N) is 3. The molecule has 0 bridgehead atoms. The minimum Gasteiger partial charge on any atom is -0.356 e. The fourth-order valence-corrected chi connectivity index (χ4v) is 2.88. The number of aryl methyl sites for hydroxylation is 1. The molecule has 106 valence electrons. The van der Waals surface area contributed by atoms with Crippen molar-refractivity contribution in [2.75, 3.05) is 0 Å². The molecule has 0 spiro atoms. The van der Waals surface area contributed by atoms with Crippen LogP contribution in [0, 0.1) is 0 Å². The molecule has 2 aromatic heterocycles. The first-order valence-corrected chi connectivity index (χ1v) is 6.69. The van der Waals surface area contributed by atoms with E-state index in [4.69, 9.17) is 4.52 Å². The summed E-state index contributed by atoms with van der Waals surface area (Å²) in [5.41, 5.74) is 2.14. The largest absolute Gasteiger partial charge is 0.356 e. The summed E-state index contributed by atoms with van der Waals surface area (Å²) in [5.74, 6) is -1.02. The Morgan fingerprint density at radius 1 is 1.38 bits per heavy atom. The molecule has 21 heavy (non-hydrogen) atoms. The maximum absolute atomic E-state index is 12.1. The Morgan fingerprint density at radius 3 is 3.05 bits per heavy atom. The number of imide groups is 1. The third-order valence-corrected chi connectivity index (χ3v) is 3.96. The molecule has 1 aliphatic rings. The van der Waals surface area contributed by atoms with E-state index in [0.29, 0.717) is 24.1 Å². The summed E-state index contributed by atoms with van der Waals surface area (Å²) in [7, 11) is 1.85. The molecular weight excluding hydrogens is 272 g/mol. The van der Waals surface area contributed by atoms with Crippen LogP contribution in [0.1, 0.15) is 24.5 Å². The lowest BCUT2D eigenvalue weighted by Gasteiger charge is -2.18. The Bertz CT molecular complexity index is 892. The van der Waals surface area contributed by atoms with Crippen LogP contribution in [0.4, 0.5) is 0 Å². The zero-order valence-corrected chi connectivity index (χ0v) is 11.3. The van der Waals surface area contributed by atoms with Gasteiger partial charge in [-0.25, -0.2) is 0 Å². The molecule has 1 aromatic carbocycles. The smallest absolute Gasteiger partial charge is 0.235 e. The van der Waals surface area contributed by atoms with Gasteiger partial charge in [0.25, 0.3) is 0 Å². The van der Waals surface area contributed by atoms with Crippen LogP contribution in [0.15, 0.2) is 22.9 Å². The highest BCUT2D eigenvalue weighted by atomic mass is 16.5. The molecule has 0 aliphatic carbocycles. The molecule has 2 amide bonds. The predicted molar refractivity (Wildman–Crippen MR) is 73.4 cm³/mol. The Morgan fingerprint density at radius 2 is 2.24 bits per heavy atom. The number of nitrogens with one attached hydrogen (secondary N) is 1. The normalized spacial score (nSPS) is 19.4. The van der Waals surface area contributed by atoms with Crippen molar-refractivity contribution in [3.8, 4) is 0 Å². The Balaban J connectivity index is 1.95. The van der Waals surface area contributed by atoms with Crippen LogP contribution in [0.3, 0.4) is 0 Å². The summed E-state index contributed by atoms with van der Waals surface area (Å²) >= 11 is 0. The summed E-state index contributed by atoms with van der Waals surface area (Å²) in [6, 6.07) is 3.73. The lowest BCUT2D eigenvalue weighted by molar-refractivity contribution is -0.134. The molecule has 1 aliphatic heterocycles. The van der Waals surface area contributed by atoms with Gasteiger partial charge in [0.1, 0.15) is 5.69 Å². The maximum atomic E-state index is 12.1. The van der Waals surface area contributed by atoms with Gasteiger partial charge < -0.3 is 4.52 Å². The molecular formula is C14H12N4O3. The Kier molecular flexibility index (Phi) is 2.38. The van der Waals surface area contributed by atoms with Crippen molar-refractivity contribution in [2.24, 2.45) is 7.05 Å². The number of hydrogen-bond donors (Lipinski definition) is 1. The zero-order valence-electron chi connectivity index (χ0n) is 11.3. The summed E-state index contributed by atoms with van der Waals surface area (Å²) in [5, 5.41) is 12.4. The van der Waals surface area contributed by atoms with Gasteiger partial charge in [-0.2, -0.15) is 5.10 Å². The number of amides is 2. The van der Waals surface area contributed by atoms with Gasteiger partial charge in [-0.1, -0.05) is 5.16 Å². The number of carbonyl (C=O) groups excluding carboxylic acids is 2. The highest BCUT2D eigenvalue weighted by molar-refractivity contribution is 6.09. The molecule has 3 heterocycles. The van der Waals surface area contributed by atoms with Crippen molar-refractivity contribution in [1.29, 1.82) is 0 Å². The van der Waals surface area contributed by atoms with Crippen molar-refractivity contribution in [3.05, 3.63) is 24.0 Å². The lowest BCUT2D eigenvalue weighted by atomic mass is 9.92. The minimum atomic E-state index is -0.463. The molecule has 4 rings (SSSR count). The zero-order chi connectivity index (χ0) is 14.6. The predicted octanol–water partition coefficient (Wildman–Crippen LogP) is 1.23. The highest BCUT2D eigenvalue weighted by Gasteiger charge is 2.32. The summed E-state index contributed by atoms with van der Waals surface area (Å²) in [6.07, 6.45) is 2.50. The van der Waals surface area contributed by atoms with E-state index >= 15 is 0 Å². The number of benzene rings is 1. The van der Waals surface area contributed by atoms with Gasteiger partial charge >= 0.3 is 0 Å². The van der Waals surface area contributed by atoms with Crippen molar-refractivity contribution in [2.45, 2.75) is 18.8 Å². The van der Waals surface area contributed by atoms with Gasteiger partial charge in [0.05, 0.1) is 23.0 Å². The van der Waals surface area contributed by atoms with Crippen LogP contribution in [0.25, 0.3) is 21.9 Å². The van der Waals surface area contributed by atoms with E-state index in [0.717, 1.165) is 16.3 Å². The number of piperidine rings is 1. The number of fused-ring (bicyclic) bond motifs is 3. The Labute approximate surface area is 118 Å². The standard InChI is InChI=1S/C14H12N4O3/c1-18-9-3-4-10-12(8(9)6-15-18)13(17-21-10)7-2-5-11(19)16-14(7)20/h3-4,6-7H,2,5H2,1H3,(H,16,19,20). The monoisotopic (exact) mass is 284 g/mol. The molecule has 0 saturated carbocycles. The summed E-state index contributed by atoms with van der Waals surface area (Å²) in [4.78, 5) is 23.3. The molecule has 1 N–H and O–H groups in total. The average Bonchev–Trinajstić information content (AvgIpc) is 3.03. The molecule has 1 atom stereocenters. The molecule has 1 fully saturated rings. The summed E-state index contributed by atoms with van der Waals surface area (Å²) < 4.78 is 7.10. The van der Waals surface area contributed by atoms with Crippen molar-refractivity contribution >= 4 is 33.7 Å². The molecule has 1 unspecified atom stereocenters. The minimum absolute atomic E-state index is 0.240. The van der Waals surface area contributed by atoms with E-state index in [1.165, 1.54) is 0 Å². The van der Waals surface area contributed by atoms with Crippen molar-refractivity contribution in [1.82, 2.24) is 20.3 Å². The number of hydrogen-bond acceptors (Lipinski definition) is 5. The Hall–Kier alpha value is -2.70. The third-order valence-electron chi connectivity index (χ3n) is 3.96. The van der Waals surface area contributed by atoms with Crippen LogP contribution in [0.2, 0.25) is 0 Å². The fraction of sp³-hybridized carbons (Fsp3) is 0.286. The van der Waals surface area contributed by atoms with Crippen LogP contribution < -0.4 is 5.32 Å². The first-order chi connectivity index (χ1) is 10.1. The quantitative estimate of drug-likeness (QED) is 0.679. The number of aromatic nitrogens is 3. The van der Waals surface area contributed by atoms with Gasteiger partial charge in [0.15, 0.2) is 5.58 Å². The van der Waals surface area contributed by atoms with Crippen molar-refractivity contribution < 1.29 is 14.1 Å². The van der Waals surface area contributed by atoms with Gasteiger partial charge in [-0.05, 0) is 18.6 Å². The SMILES string of the molecule is Cn1ncc2c3c(C4CCC(=O)NC4=O)noc3ccc21. The third kappa shape index (κ3) is 1.67. The first-order valence-electron chi connectivity index (χ1n) is 6.69. The van der Waals surface area contributed by atoms with E-state index in [9.17, 15) is 9.59 Å². The summed E-state index contributed by atoms with van der Waals surface area (Å²) in [6.45, 7) is 0. The number of rotatable bonds is 1. The van der Waals surface area contributed by atoms with Crippen LogP contribution in [0.5, 0.6) is 0 Å². The van der Waals surface area contributed by atoms with Crippen LogP contribution in [-0.2, 0) is 16.6 Å². The topological polar surface area (TPSA) is 90.0 Å². The average molecular weight is 284 g/mol. The first kappa shape index (κ1) is 12.1. The second kappa shape index (κ2) is 4.15. The fourth-order valence-electron chi connectivity index (χ4n) is 2.88. The molecule has 7 nitrogen and oxygen atoms in total. The van der Waals surface area contributed by atoms with Crippen LogP contribution in [-0.4, -0.2) is 26.8 Å². The van der Waals surface area contributed by atoms with Gasteiger partial charge in [0.2, 0.25) is 11.8 Å². The van der Waals surface area contributed by atoms with E-state index in [1.54, 1.807) is 10.9 Å². The second-order valence-electron chi connectivity index (χ2n) is 5.21. The molecule has 1 saturated heterocycles. The molecule has 0 radical (unpaired) electrons.